The third-order valence-corrected chi connectivity index (χ3v) is 5.02. The second-order valence-electron chi connectivity index (χ2n) is 7.25. The number of carbonyl (C=O) groups is 4. The van der Waals surface area contributed by atoms with Crippen LogP contribution in [0.1, 0.15) is 103 Å². The van der Waals surface area contributed by atoms with E-state index in [1.54, 1.807) is 0 Å². The number of amides is 2. The first-order valence-corrected chi connectivity index (χ1v) is 10.8. The van der Waals surface area contributed by atoms with Gasteiger partial charge in [0.05, 0.1) is 0 Å². The van der Waals surface area contributed by atoms with E-state index in [0.717, 1.165) is 44.9 Å². The highest BCUT2D eigenvalue weighted by Gasteiger charge is 2.32. The summed E-state index contributed by atoms with van der Waals surface area (Å²) < 4.78 is 4.31. The van der Waals surface area contributed by atoms with Gasteiger partial charge in [-0.25, -0.2) is 4.79 Å². The molecule has 7 nitrogen and oxygen atoms in total. The third kappa shape index (κ3) is 11.3. The van der Waals surface area contributed by atoms with E-state index >= 15 is 0 Å². The molecule has 0 spiro atoms. The predicted molar refractivity (Wildman–Crippen MR) is 107 cm³/mol. The van der Waals surface area contributed by atoms with Crippen LogP contribution in [-0.2, 0) is 28.2 Å². The lowest BCUT2D eigenvalue weighted by Gasteiger charge is -2.12. The predicted octanol–water partition coefficient (Wildman–Crippen LogP) is 4.44. The summed E-state index contributed by atoms with van der Waals surface area (Å²) in [6.45, 7) is 0. The summed E-state index contributed by atoms with van der Waals surface area (Å²) in [6, 6.07) is 0. The van der Waals surface area contributed by atoms with Crippen LogP contribution in [0.15, 0.2) is 0 Å². The van der Waals surface area contributed by atoms with E-state index in [1.165, 1.54) is 32.1 Å². The molecule has 0 aromatic rings. The van der Waals surface area contributed by atoms with E-state index in [1.807, 2.05) is 0 Å². The zero-order valence-corrected chi connectivity index (χ0v) is 17.6. The fourth-order valence-electron chi connectivity index (χ4n) is 3.16. The number of rotatable bonds is 16. The number of imide groups is 1. The van der Waals surface area contributed by atoms with Crippen molar-refractivity contribution in [2.24, 2.45) is 0 Å². The molecule has 0 atom stereocenters. The van der Waals surface area contributed by atoms with Gasteiger partial charge in [-0.15, -0.1) is 5.06 Å². The highest BCUT2D eigenvalue weighted by molar-refractivity contribution is 7.75. The maximum Gasteiger partial charge on any atom is 0.333 e. The van der Waals surface area contributed by atoms with Gasteiger partial charge in [0.2, 0.25) is 0 Å². The SMILES string of the molecule is O=C(CCCCCCCCCCCCCCC(=O)ON1C(=O)CCC1=O)OS. The Labute approximate surface area is 173 Å². The van der Waals surface area contributed by atoms with Crippen molar-refractivity contribution in [2.75, 3.05) is 0 Å². The fourth-order valence-corrected chi connectivity index (χ4v) is 3.25. The Morgan fingerprint density at radius 1 is 0.679 bits per heavy atom. The minimum atomic E-state index is -0.508. The van der Waals surface area contributed by atoms with Crippen LogP contribution >= 0.6 is 12.9 Å². The highest BCUT2D eigenvalue weighted by atomic mass is 32.1. The van der Waals surface area contributed by atoms with E-state index in [0.29, 0.717) is 11.5 Å². The Morgan fingerprint density at radius 3 is 1.43 bits per heavy atom. The Bertz CT molecular complexity index is 495. The van der Waals surface area contributed by atoms with E-state index in [4.69, 9.17) is 4.84 Å². The van der Waals surface area contributed by atoms with Crippen molar-refractivity contribution >= 4 is 36.7 Å². The van der Waals surface area contributed by atoms with E-state index < -0.39 is 17.8 Å². The molecule has 1 aliphatic rings. The van der Waals surface area contributed by atoms with Gasteiger partial charge in [0, 0.05) is 38.6 Å². The van der Waals surface area contributed by atoms with Crippen LogP contribution in [0.2, 0.25) is 0 Å². The molecular formula is C20H33NO6S. The molecule has 0 N–H and O–H groups in total. The van der Waals surface area contributed by atoms with Gasteiger partial charge in [0.15, 0.2) is 0 Å². The number of carbonyl (C=O) groups excluding carboxylic acids is 4. The van der Waals surface area contributed by atoms with Crippen molar-refractivity contribution in [3.8, 4) is 0 Å². The lowest BCUT2D eigenvalue weighted by atomic mass is 10.0. The minimum absolute atomic E-state index is 0.124. The Hall–Kier alpha value is -1.57. The number of hydrogen-bond acceptors (Lipinski definition) is 7. The molecule has 1 heterocycles. The molecule has 1 fully saturated rings. The number of unbranched alkanes of at least 4 members (excludes halogenated alkanes) is 11. The van der Waals surface area contributed by atoms with E-state index in [9.17, 15) is 19.2 Å². The first kappa shape index (κ1) is 24.5. The molecule has 0 aliphatic carbocycles. The molecule has 0 aromatic heterocycles. The van der Waals surface area contributed by atoms with Gasteiger partial charge in [-0.2, -0.15) is 0 Å². The molecule has 0 radical (unpaired) electrons. The average molecular weight is 416 g/mol. The summed E-state index contributed by atoms with van der Waals surface area (Å²) in [5.74, 6) is -1.63. The number of hydroxylamine groups is 2. The molecule has 28 heavy (non-hydrogen) atoms. The van der Waals surface area contributed by atoms with Crippen molar-refractivity contribution in [3.63, 3.8) is 0 Å². The molecule has 0 unspecified atom stereocenters. The van der Waals surface area contributed by atoms with Crippen LogP contribution in [0.4, 0.5) is 0 Å². The van der Waals surface area contributed by atoms with Crippen LogP contribution in [0.3, 0.4) is 0 Å². The van der Waals surface area contributed by atoms with Crippen molar-refractivity contribution in [1.82, 2.24) is 5.06 Å². The molecule has 1 saturated heterocycles. The van der Waals surface area contributed by atoms with Crippen LogP contribution < -0.4 is 0 Å². The van der Waals surface area contributed by atoms with Crippen molar-refractivity contribution in [2.45, 2.75) is 103 Å². The first-order valence-electron chi connectivity index (χ1n) is 10.5. The summed E-state index contributed by atoms with van der Waals surface area (Å²) >= 11 is 3.48. The summed E-state index contributed by atoms with van der Waals surface area (Å²) in [5.41, 5.74) is 0. The topological polar surface area (TPSA) is 90.0 Å². The molecule has 2 amide bonds. The monoisotopic (exact) mass is 415 g/mol. The van der Waals surface area contributed by atoms with Crippen LogP contribution in [-0.4, -0.2) is 28.8 Å². The quantitative estimate of drug-likeness (QED) is 0.173. The molecule has 1 rings (SSSR count). The van der Waals surface area contributed by atoms with Gasteiger partial charge >= 0.3 is 11.9 Å². The normalized spacial score (nSPS) is 13.8. The average Bonchev–Trinajstić information content (AvgIpc) is 2.99. The smallest absolute Gasteiger partial charge is 0.333 e. The third-order valence-electron chi connectivity index (χ3n) is 4.81. The zero-order valence-electron chi connectivity index (χ0n) is 16.7. The van der Waals surface area contributed by atoms with E-state index in [2.05, 4.69) is 17.1 Å². The molecule has 1 aliphatic heterocycles. The minimum Gasteiger partial charge on any atom is -0.395 e. The second kappa shape index (κ2) is 15.4. The standard InChI is InChI=1S/C20H33NO6S/c22-17-15-16-18(23)21(17)26-19(24)13-11-9-7-5-3-1-2-4-6-8-10-12-14-20(25)27-28/h28H,1-16H2. The van der Waals surface area contributed by atoms with Crippen molar-refractivity contribution in [3.05, 3.63) is 0 Å². The summed E-state index contributed by atoms with van der Waals surface area (Å²) in [6.07, 6.45) is 14.0. The number of nitrogens with zero attached hydrogens (tertiary/aromatic N) is 1. The molecule has 160 valence electrons. The van der Waals surface area contributed by atoms with Crippen molar-refractivity contribution in [1.29, 1.82) is 0 Å². The maximum atomic E-state index is 11.6. The van der Waals surface area contributed by atoms with Gasteiger partial charge in [-0.1, -0.05) is 64.2 Å². The summed E-state index contributed by atoms with van der Waals surface area (Å²) in [7, 11) is 0. The zero-order chi connectivity index (χ0) is 20.6. The lowest BCUT2D eigenvalue weighted by molar-refractivity contribution is -0.197. The van der Waals surface area contributed by atoms with Gasteiger partial charge in [-0.3, -0.25) is 14.4 Å². The second-order valence-corrected chi connectivity index (χ2v) is 7.43. The van der Waals surface area contributed by atoms with Crippen LogP contribution in [0.5, 0.6) is 0 Å². The highest BCUT2D eigenvalue weighted by Crippen LogP contribution is 2.15. The summed E-state index contributed by atoms with van der Waals surface area (Å²) in [4.78, 5) is 50.1. The molecule has 0 aromatic carbocycles. The van der Waals surface area contributed by atoms with Gasteiger partial charge in [0.1, 0.15) is 0 Å². The molecular weight excluding hydrogens is 382 g/mol. The summed E-state index contributed by atoms with van der Waals surface area (Å²) in [5, 5.41) is 0.610. The van der Waals surface area contributed by atoms with Gasteiger partial charge in [-0.05, 0) is 12.8 Å². The Balaban J connectivity index is 1.82. The number of thiol groups is 1. The Morgan fingerprint density at radius 2 is 1.04 bits per heavy atom. The van der Waals surface area contributed by atoms with E-state index in [-0.39, 0.29) is 25.2 Å². The molecule has 0 bridgehead atoms. The maximum absolute atomic E-state index is 11.6. The van der Waals surface area contributed by atoms with Crippen molar-refractivity contribution < 1.29 is 28.2 Å². The van der Waals surface area contributed by atoms with Crippen LogP contribution in [0.25, 0.3) is 0 Å². The molecule has 8 heteroatoms. The first-order chi connectivity index (χ1) is 13.5. The fraction of sp³-hybridized carbons (Fsp3) is 0.800. The van der Waals surface area contributed by atoms with Crippen LogP contribution in [0, 0.1) is 0 Å². The van der Waals surface area contributed by atoms with Gasteiger partial charge in [0.25, 0.3) is 11.8 Å². The number of hydrogen-bond donors (Lipinski definition) is 1. The largest absolute Gasteiger partial charge is 0.395 e. The van der Waals surface area contributed by atoms with Gasteiger partial charge < -0.3 is 9.02 Å². The lowest BCUT2D eigenvalue weighted by Crippen LogP contribution is -2.31. The molecule has 0 saturated carbocycles. The Kier molecular flexibility index (Phi) is 13.4.